The molecule has 3 rings (SSSR count). The van der Waals surface area contributed by atoms with Gasteiger partial charge in [-0.25, -0.2) is 0 Å². The summed E-state index contributed by atoms with van der Waals surface area (Å²) in [7, 11) is 1.55. The number of amides is 3. The smallest absolute Gasteiger partial charge is 0.261 e. The molecule has 0 radical (unpaired) electrons. The fourth-order valence-electron chi connectivity index (χ4n) is 2.86. The molecule has 0 aliphatic carbocycles. The third-order valence-electron chi connectivity index (χ3n) is 4.30. The van der Waals surface area contributed by atoms with E-state index < -0.39 is 0 Å². The van der Waals surface area contributed by atoms with E-state index in [9.17, 15) is 14.4 Å². The maximum atomic E-state index is 12.5. The normalized spacial score (nSPS) is 12.9. The Morgan fingerprint density at radius 2 is 1.85 bits per heavy atom. The van der Waals surface area contributed by atoms with Gasteiger partial charge in [0.05, 0.1) is 18.2 Å². The van der Waals surface area contributed by atoms with Gasteiger partial charge >= 0.3 is 0 Å². The SMILES string of the molecule is CCCCN1C(=O)c2ccc(C(=O)Nc3cccc(OC)c3)cc2C1=O. The van der Waals surface area contributed by atoms with Gasteiger partial charge in [0.25, 0.3) is 17.7 Å². The number of nitrogens with zero attached hydrogens (tertiary/aromatic N) is 1. The van der Waals surface area contributed by atoms with Crippen LogP contribution >= 0.6 is 0 Å². The Morgan fingerprint density at radius 3 is 2.58 bits per heavy atom. The molecule has 0 aromatic heterocycles. The lowest BCUT2D eigenvalue weighted by Crippen LogP contribution is -2.30. The molecular formula is C20H20N2O4. The van der Waals surface area contributed by atoms with E-state index in [1.165, 1.54) is 11.0 Å². The number of carbonyl (C=O) groups excluding carboxylic acids is 3. The lowest BCUT2D eigenvalue weighted by Gasteiger charge is -2.12. The number of benzene rings is 2. The lowest BCUT2D eigenvalue weighted by atomic mass is 10.1. The number of unbranched alkanes of at least 4 members (excludes halogenated alkanes) is 1. The van der Waals surface area contributed by atoms with Crippen LogP contribution in [-0.4, -0.2) is 36.3 Å². The van der Waals surface area contributed by atoms with Crippen molar-refractivity contribution in [2.45, 2.75) is 19.8 Å². The number of hydrogen-bond acceptors (Lipinski definition) is 4. The Balaban J connectivity index is 1.81. The second-order valence-electron chi connectivity index (χ2n) is 6.06. The van der Waals surface area contributed by atoms with Crippen molar-refractivity contribution in [2.75, 3.05) is 19.0 Å². The summed E-state index contributed by atoms with van der Waals surface area (Å²) >= 11 is 0. The van der Waals surface area contributed by atoms with Crippen LogP contribution in [0.4, 0.5) is 5.69 Å². The Labute approximate surface area is 151 Å². The Hall–Kier alpha value is -3.15. The van der Waals surface area contributed by atoms with Gasteiger partial charge in [-0.2, -0.15) is 0 Å². The van der Waals surface area contributed by atoms with Crippen molar-refractivity contribution in [3.63, 3.8) is 0 Å². The van der Waals surface area contributed by atoms with E-state index in [1.54, 1.807) is 43.5 Å². The summed E-state index contributed by atoms with van der Waals surface area (Å²) in [6.07, 6.45) is 1.65. The third kappa shape index (κ3) is 3.31. The molecule has 134 valence electrons. The molecule has 0 saturated heterocycles. The monoisotopic (exact) mass is 352 g/mol. The molecule has 0 atom stereocenters. The van der Waals surface area contributed by atoms with E-state index in [0.717, 1.165) is 12.8 Å². The molecule has 3 amide bonds. The molecule has 1 heterocycles. The minimum atomic E-state index is -0.353. The summed E-state index contributed by atoms with van der Waals surface area (Å²) in [6, 6.07) is 11.6. The molecule has 2 aromatic rings. The van der Waals surface area contributed by atoms with Crippen LogP contribution in [0, 0.1) is 0 Å². The van der Waals surface area contributed by atoms with Crippen LogP contribution < -0.4 is 10.1 Å². The second kappa shape index (κ2) is 7.39. The quantitative estimate of drug-likeness (QED) is 0.809. The highest BCUT2D eigenvalue weighted by molar-refractivity contribution is 6.22. The van der Waals surface area contributed by atoms with Crippen LogP contribution in [0.25, 0.3) is 0 Å². The van der Waals surface area contributed by atoms with Gasteiger partial charge in [0.2, 0.25) is 0 Å². The molecule has 1 aliphatic heterocycles. The second-order valence-corrected chi connectivity index (χ2v) is 6.06. The first-order valence-corrected chi connectivity index (χ1v) is 8.50. The van der Waals surface area contributed by atoms with Crippen LogP contribution in [0.1, 0.15) is 50.8 Å². The van der Waals surface area contributed by atoms with E-state index >= 15 is 0 Å². The predicted octanol–water partition coefficient (Wildman–Crippen LogP) is 3.34. The largest absolute Gasteiger partial charge is 0.497 e. The van der Waals surface area contributed by atoms with Crippen LogP contribution in [0.2, 0.25) is 0 Å². The van der Waals surface area contributed by atoms with E-state index in [4.69, 9.17) is 4.74 Å². The minimum Gasteiger partial charge on any atom is -0.497 e. The van der Waals surface area contributed by atoms with Crippen molar-refractivity contribution in [3.8, 4) is 5.75 Å². The average molecular weight is 352 g/mol. The van der Waals surface area contributed by atoms with Gasteiger partial charge in [0.15, 0.2) is 0 Å². The molecule has 2 aromatic carbocycles. The van der Waals surface area contributed by atoms with E-state index in [1.807, 2.05) is 6.92 Å². The van der Waals surface area contributed by atoms with Crippen LogP contribution in [0.15, 0.2) is 42.5 Å². The number of imide groups is 1. The molecule has 26 heavy (non-hydrogen) atoms. The summed E-state index contributed by atoms with van der Waals surface area (Å²) < 4.78 is 5.13. The first kappa shape index (κ1) is 17.7. The zero-order valence-corrected chi connectivity index (χ0v) is 14.7. The number of fused-ring (bicyclic) bond motifs is 1. The Morgan fingerprint density at radius 1 is 1.08 bits per heavy atom. The Kier molecular flexibility index (Phi) is 5.02. The van der Waals surface area contributed by atoms with Crippen LogP contribution in [-0.2, 0) is 0 Å². The third-order valence-corrected chi connectivity index (χ3v) is 4.30. The maximum absolute atomic E-state index is 12.5. The maximum Gasteiger partial charge on any atom is 0.261 e. The molecule has 1 N–H and O–H groups in total. The average Bonchev–Trinajstić information content (AvgIpc) is 2.90. The topological polar surface area (TPSA) is 75.7 Å². The van der Waals surface area contributed by atoms with E-state index in [-0.39, 0.29) is 23.3 Å². The summed E-state index contributed by atoms with van der Waals surface area (Å²) in [5, 5.41) is 2.77. The minimum absolute atomic E-state index is 0.282. The lowest BCUT2D eigenvalue weighted by molar-refractivity contribution is 0.0652. The van der Waals surface area contributed by atoms with Gasteiger partial charge in [-0.05, 0) is 36.8 Å². The molecule has 0 spiro atoms. The van der Waals surface area contributed by atoms with Gasteiger partial charge < -0.3 is 10.1 Å². The van der Waals surface area contributed by atoms with Crippen LogP contribution in [0.3, 0.4) is 0 Å². The van der Waals surface area contributed by atoms with Gasteiger partial charge in [0.1, 0.15) is 5.75 Å². The van der Waals surface area contributed by atoms with Crippen molar-refractivity contribution in [3.05, 3.63) is 59.2 Å². The number of methoxy groups -OCH3 is 1. The van der Waals surface area contributed by atoms with Gasteiger partial charge in [0, 0.05) is 23.9 Å². The van der Waals surface area contributed by atoms with Gasteiger partial charge in [-0.1, -0.05) is 19.4 Å². The van der Waals surface area contributed by atoms with Crippen molar-refractivity contribution in [2.24, 2.45) is 0 Å². The van der Waals surface area contributed by atoms with Crippen molar-refractivity contribution in [1.82, 2.24) is 4.90 Å². The van der Waals surface area contributed by atoms with E-state index in [2.05, 4.69) is 5.32 Å². The number of anilines is 1. The molecule has 6 heteroatoms. The molecule has 0 bridgehead atoms. The summed E-state index contributed by atoms with van der Waals surface area (Å²) in [5.74, 6) is -0.356. The van der Waals surface area contributed by atoms with Gasteiger partial charge in [-0.15, -0.1) is 0 Å². The summed E-state index contributed by atoms with van der Waals surface area (Å²) in [5.41, 5.74) is 1.54. The molecular weight excluding hydrogens is 332 g/mol. The van der Waals surface area contributed by atoms with Crippen LogP contribution in [0.5, 0.6) is 5.75 Å². The fraction of sp³-hybridized carbons (Fsp3) is 0.250. The molecule has 0 unspecified atom stereocenters. The van der Waals surface area contributed by atoms with Gasteiger partial charge in [-0.3, -0.25) is 19.3 Å². The number of ether oxygens (including phenoxy) is 1. The summed E-state index contributed by atoms with van der Waals surface area (Å²) in [4.78, 5) is 38.6. The van der Waals surface area contributed by atoms with Crippen molar-refractivity contribution < 1.29 is 19.1 Å². The molecule has 6 nitrogen and oxygen atoms in total. The first-order valence-electron chi connectivity index (χ1n) is 8.50. The Bertz CT molecular complexity index is 876. The standard InChI is InChI=1S/C20H20N2O4/c1-3-4-10-22-19(24)16-9-8-13(11-17(16)20(22)25)18(23)21-14-6-5-7-15(12-14)26-2/h5-9,11-12H,3-4,10H2,1-2H3,(H,21,23). The number of nitrogens with one attached hydrogen (secondary N) is 1. The highest BCUT2D eigenvalue weighted by atomic mass is 16.5. The molecule has 1 aliphatic rings. The molecule has 0 saturated carbocycles. The fourth-order valence-corrected chi connectivity index (χ4v) is 2.86. The molecule has 0 fully saturated rings. The highest BCUT2D eigenvalue weighted by Gasteiger charge is 2.35. The number of hydrogen-bond donors (Lipinski definition) is 1. The predicted molar refractivity (Wildman–Crippen MR) is 97.7 cm³/mol. The van der Waals surface area contributed by atoms with Crippen molar-refractivity contribution >= 4 is 23.4 Å². The zero-order chi connectivity index (χ0) is 18.7. The number of carbonyl (C=O) groups is 3. The zero-order valence-electron chi connectivity index (χ0n) is 14.7. The summed E-state index contributed by atoms with van der Waals surface area (Å²) in [6.45, 7) is 2.40. The first-order chi connectivity index (χ1) is 12.5. The van der Waals surface area contributed by atoms with E-state index in [0.29, 0.717) is 29.1 Å². The number of rotatable bonds is 6. The highest BCUT2D eigenvalue weighted by Crippen LogP contribution is 2.25. The van der Waals surface area contributed by atoms with Crippen molar-refractivity contribution in [1.29, 1.82) is 0 Å².